The van der Waals surface area contributed by atoms with Gasteiger partial charge in [0.15, 0.2) is 0 Å². The fourth-order valence-corrected chi connectivity index (χ4v) is 3.43. The summed E-state index contributed by atoms with van der Waals surface area (Å²) in [5.74, 6) is 0.878. The Morgan fingerprint density at radius 3 is 2.16 bits per heavy atom. The third-order valence-electron chi connectivity index (χ3n) is 2.82. The fourth-order valence-electron chi connectivity index (χ4n) is 1.54. The van der Waals surface area contributed by atoms with E-state index in [4.69, 9.17) is 9.84 Å². The van der Waals surface area contributed by atoms with Crippen LogP contribution in [0.4, 0.5) is 4.79 Å². The van der Waals surface area contributed by atoms with Gasteiger partial charge in [-0.2, -0.15) is 18.2 Å². The van der Waals surface area contributed by atoms with Gasteiger partial charge < -0.3 is 9.84 Å². The van der Waals surface area contributed by atoms with Gasteiger partial charge in [0, 0.05) is 5.75 Å². The number of benzene rings is 1. The second-order valence-corrected chi connectivity index (χ2v) is 6.68. The summed E-state index contributed by atoms with van der Waals surface area (Å²) in [4.78, 5) is 10.5. The van der Waals surface area contributed by atoms with E-state index < -0.39 is 14.4 Å². The number of methoxy groups -OCH3 is 1. The van der Waals surface area contributed by atoms with E-state index >= 15 is 0 Å². The van der Waals surface area contributed by atoms with Crippen molar-refractivity contribution < 1.29 is 33.5 Å². The van der Waals surface area contributed by atoms with E-state index in [-0.39, 0.29) is 18.9 Å². The summed E-state index contributed by atoms with van der Waals surface area (Å²) >= 11 is 0. The van der Waals surface area contributed by atoms with Crippen LogP contribution in [-0.4, -0.2) is 26.6 Å². The van der Waals surface area contributed by atoms with Crippen molar-refractivity contribution >= 4 is 14.4 Å². The average molecular weight is 268 g/mol. The number of hydrogen-bond donors (Lipinski definition) is 1. The molecule has 3 nitrogen and oxygen atoms in total. The van der Waals surface area contributed by atoms with Crippen LogP contribution >= 0.6 is 0 Å². The Morgan fingerprint density at radius 1 is 1.32 bits per heavy atom. The van der Waals surface area contributed by atoms with Gasteiger partial charge >= 0.3 is 18.9 Å². The van der Waals surface area contributed by atoms with Gasteiger partial charge in [0.05, 0.1) is 7.11 Å². The molecule has 0 saturated carbocycles. The van der Waals surface area contributed by atoms with E-state index in [0.29, 0.717) is 0 Å². The molecule has 1 aliphatic heterocycles. The number of rotatable bonds is 2. The molecule has 1 aliphatic rings. The van der Waals surface area contributed by atoms with Gasteiger partial charge in [-0.05, 0) is 13.8 Å². The fraction of sp³-hybridized carbons (Fsp3) is 0.214. The molecule has 0 fully saturated rings. The third-order valence-corrected chi connectivity index (χ3v) is 5.31. The quantitative estimate of drug-likeness (QED) is 0.604. The summed E-state index contributed by atoms with van der Waals surface area (Å²) in [6, 6.07) is 10.2. The first-order chi connectivity index (χ1) is 8.56. The van der Waals surface area contributed by atoms with Crippen molar-refractivity contribution in [2.45, 2.75) is 13.8 Å². The summed E-state index contributed by atoms with van der Waals surface area (Å²) in [5, 5.41) is 9.77. The van der Waals surface area contributed by atoms with Gasteiger partial charge in [0.2, 0.25) is 8.80 Å². The molecule has 96 valence electrons. The van der Waals surface area contributed by atoms with Crippen molar-refractivity contribution in [3.8, 4) is 5.75 Å². The molecule has 1 heterocycles. The van der Waals surface area contributed by atoms with Crippen molar-refractivity contribution in [2.75, 3.05) is 7.11 Å². The molecule has 0 aliphatic carbocycles. The molecule has 1 N–H and O–H groups in total. The van der Waals surface area contributed by atoms with Crippen LogP contribution in [-0.2, 0) is 0 Å². The Bertz CT molecular complexity index is 469. The Balaban J connectivity index is 0.000000331. The molecule has 1 aromatic carbocycles. The average Bonchev–Trinajstić information content (AvgIpc) is 2.72. The maximum atomic E-state index is 10.5. The van der Waals surface area contributed by atoms with Crippen molar-refractivity contribution in [2.24, 2.45) is 0 Å². The van der Waals surface area contributed by atoms with Crippen LogP contribution in [0.25, 0.3) is 0 Å². The SMILES string of the molecule is CC1=C(C)[SiH](C(=O)O)C=C1.COc1cc[c-]cc1.[Li+]. The minimum Gasteiger partial charge on any atom is -0.522 e. The van der Waals surface area contributed by atoms with Crippen molar-refractivity contribution in [3.63, 3.8) is 0 Å². The zero-order chi connectivity index (χ0) is 13.5. The van der Waals surface area contributed by atoms with E-state index in [2.05, 4.69) is 6.07 Å². The van der Waals surface area contributed by atoms with E-state index in [1.165, 1.54) is 0 Å². The summed E-state index contributed by atoms with van der Waals surface area (Å²) in [5.41, 5.74) is 2.37. The molecule has 0 saturated heterocycles. The maximum Gasteiger partial charge on any atom is 1.00 e. The van der Waals surface area contributed by atoms with Gasteiger partial charge in [0.1, 0.15) is 0 Å². The number of carboxylic acid groups (broad SMARTS) is 1. The Labute approximate surface area is 127 Å². The van der Waals surface area contributed by atoms with Crippen LogP contribution in [0.3, 0.4) is 0 Å². The Morgan fingerprint density at radius 2 is 1.89 bits per heavy atom. The molecule has 1 aromatic rings. The van der Waals surface area contributed by atoms with E-state index in [9.17, 15) is 4.79 Å². The van der Waals surface area contributed by atoms with Crippen molar-refractivity contribution in [1.29, 1.82) is 0 Å². The topological polar surface area (TPSA) is 46.5 Å². The first-order valence-corrected chi connectivity index (χ1v) is 7.47. The monoisotopic (exact) mass is 268 g/mol. The molecule has 1 atom stereocenters. The van der Waals surface area contributed by atoms with Crippen LogP contribution in [0, 0.1) is 6.07 Å². The molecular weight excluding hydrogens is 251 g/mol. The molecule has 0 aromatic heterocycles. The number of carbonyl (C=O) groups is 1. The maximum absolute atomic E-state index is 10.5. The third kappa shape index (κ3) is 5.52. The molecule has 5 heteroatoms. The van der Waals surface area contributed by atoms with Crippen LogP contribution < -0.4 is 23.6 Å². The van der Waals surface area contributed by atoms with Crippen molar-refractivity contribution in [3.05, 3.63) is 52.9 Å². The zero-order valence-electron chi connectivity index (χ0n) is 11.8. The van der Waals surface area contributed by atoms with Gasteiger partial charge in [-0.3, -0.25) is 4.79 Å². The van der Waals surface area contributed by atoms with E-state index in [0.717, 1.165) is 16.5 Å². The standard InChI is InChI=1S/C7H10O2Si.C7H7O.Li/c1-5-3-4-10(6(5)2)7(8)9;1-8-7-5-3-2-4-6-7;/h3-4,10H,1-2H3,(H,8,9);3-6H,1H3;/q;-1;+1. The Hall–Kier alpha value is -1.22. The molecule has 19 heavy (non-hydrogen) atoms. The molecule has 0 radical (unpaired) electrons. The van der Waals surface area contributed by atoms with Gasteiger partial charge in [-0.15, -0.1) is 12.1 Å². The van der Waals surface area contributed by atoms with Crippen LogP contribution in [0.15, 0.2) is 46.8 Å². The van der Waals surface area contributed by atoms with Gasteiger partial charge in [-0.1, -0.05) is 22.5 Å². The summed E-state index contributed by atoms with van der Waals surface area (Å²) in [6.45, 7) is 3.88. The molecule has 2 rings (SSSR count). The summed E-state index contributed by atoms with van der Waals surface area (Å²) < 4.78 is 4.89. The smallest absolute Gasteiger partial charge is 0.522 e. The van der Waals surface area contributed by atoms with Gasteiger partial charge in [0.25, 0.3) is 5.59 Å². The number of allylic oxidation sites excluding steroid dienone is 3. The van der Waals surface area contributed by atoms with Crippen molar-refractivity contribution in [1.82, 2.24) is 0 Å². The second kappa shape index (κ2) is 8.81. The molecule has 1 unspecified atom stereocenters. The van der Waals surface area contributed by atoms with E-state index in [1.807, 2.05) is 49.9 Å². The predicted molar refractivity (Wildman–Crippen MR) is 74.5 cm³/mol. The molecular formula is C14H17LiO3Si. The Kier molecular flexibility index (Phi) is 8.25. The summed E-state index contributed by atoms with van der Waals surface area (Å²) in [7, 11) is -0.0424. The number of hydrogen-bond acceptors (Lipinski definition) is 2. The van der Waals surface area contributed by atoms with E-state index in [1.54, 1.807) is 7.11 Å². The minimum atomic E-state index is -1.69. The first kappa shape index (κ1) is 17.8. The zero-order valence-corrected chi connectivity index (χ0v) is 13.0. The van der Waals surface area contributed by atoms with Crippen LogP contribution in [0.2, 0.25) is 0 Å². The molecule has 0 bridgehead atoms. The number of ether oxygens (including phenoxy) is 1. The van der Waals surface area contributed by atoms with Crippen LogP contribution in [0.5, 0.6) is 5.75 Å². The van der Waals surface area contributed by atoms with Gasteiger partial charge in [-0.25, -0.2) is 0 Å². The largest absolute Gasteiger partial charge is 1.00 e. The molecule has 0 amide bonds. The van der Waals surface area contributed by atoms with Crippen LogP contribution in [0.1, 0.15) is 13.8 Å². The normalized spacial score (nSPS) is 16.3. The predicted octanol–water partition coefficient (Wildman–Crippen LogP) is -0.0428. The summed E-state index contributed by atoms with van der Waals surface area (Å²) in [6.07, 6.45) is 1.92. The molecule has 0 spiro atoms. The second-order valence-electron chi connectivity index (χ2n) is 3.98. The minimum absolute atomic E-state index is 0. The first-order valence-electron chi connectivity index (χ1n) is 5.64.